The van der Waals surface area contributed by atoms with Gasteiger partial charge in [-0.25, -0.2) is 4.79 Å². The highest BCUT2D eigenvalue weighted by Gasteiger charge is 2.26. The van der Waals surface area contributed by atoms with Gasteiger partial charge in [0.15, 0.2) is 11.2 Å². The molecule has 35 heavy (non-hydrogen) atoms. The minimum atomic E-state index is -0.477. The van der Waals surface area contributed by atoms with E-state index < -0.39 is 11.2 Å². The van der Waals surface area contributed by atoms with Crippen molar-refractivity contribution in [3.05, 3.63) is 73.9 Å². The largest absolute Gasteiger partial charge is 0.425 e. The van der Waals surface area contributed by atoms with Gasteiger partial charge < -0.3 is 9.84 Å². The number of aliphatic hydroxyl groups excluding tert-OH is 1. The van der Waals surface area contributed by atoms with Crippen LogP contribution in [0.5, 0.6) is 11.8 Å². The van der Waals surface area contributed by atoms with E-state index in [0.717, 1.165) is 10.1 Å². The molecule has 1 aliphatic carbocycles. The number of aromatic nitrogens is 4. The standard InChI is InChI=1S/C26H31ClN4O4/c1-16(2)20-8-5-6-9-21(20)35-25-28-23-22(24(33)30(12-7-13-32)26(34)29(23)4)31(25)15-18-10-11-19(27)14-17(18)3/h5-6,8-11,14,16-18,32H,7,12-13,15H2,1-4H3. The average Bonchev–Trinajstić information content (AvgIpc) is 3.17. The highest BCUT2D eigenvalue weighted by Crippen LogP contribution is 2.33. The zero-order valence-electron chi connectivity index (χ0n) is 20.4. The van der Waals surface area contributed by atoms with Crippen LogP contribution in [0.4, 0.5) is 0 Å². The first-order valence-corrected chi connectivity index (χ1v) is 12.2. The van der Waals surface area contributed by atoms with Gasteiger partial charge in [0, 0.05) is 37.7 Å². The summed E-state index contributed by atoms with van der Waals surface area (Å²) in [7, 11) is 1.59. The number of imidazole rings is 1. The Morgan fingerprint density at radius 1 is 1.20 bits per heavy atom. The van der Waals surface area contributed by atoms with Crippen molar-refractivity contribution < 1.29 is 9.84 Å². The summed E-state index contributed by atoms with van der Waals surface area (Å²) in [6.07, 6.45) is 6.16. The lowest BCUT2D eigenvalue weighted by atomic mass is 9.90. The summed E-state index contributed by atoms with van der Waals surface area (Å²) in [4.78, 5) is 31.1. The maximum absolute atomic E-state index is 13.5. The monoisotopic (exact) mass is 498 g/mol. The van der Waals surface area contributed by atoms with Crippen LogP contribution in [0.3, 0.4) is 0 Å². The SMILES string of the molecule is CC(C)c1ccccc1Oc1nc2c(c(=O)n(CCCO)c(=O)n2C)n1CC1C=CC(Cl)=CC1C. The summed E-state index contributed by atoms with van der Waals surface area (Å²) in [5, 5.41) is 9.95. The van der Waals surface area contributed by atoms with E-state index >= 15 is 0 Å². The van der Waals surface area contributed by atoms with Crippen LogP contribution >= 0.6 is 11.6 Å². The molecule has 2 aromatic heterocycles. The summed E-state index contributed by atoms with van der Waals surface area (Å²) in [5.74, 6) is 1.04. The fraction of sp³-hybridized carbons (Fsp3) is 0.423. The first kappa shape index (κ1) is 25.0. The van der Waals surface area contributed by atoms with Crippen molar-refractivity contribution in [3.8, 4) is 11.8 Å². The lowest BCUT2D eigenvalue weighted by Gasteiger charge is -2.23. The van der Waals surface area contributed by atoms with Gasteiger partial charge in [0.25, 0.3) is 5.56 Å². The van der Waals surface area contributed by atoms with Gasteiger partial charge in [-0.15, -0.1) is 0 Å². The summed E-state index contributed by atoms with van der Waals surface area (Å²) in [6.45, 7) is 6.65. The molecule has 1 aliphatic rings. The van der Waals surface area contributed by atoms with E-state index in [4.69, 9.17) is 16.3 Å². The molecule has 0 saturated carbocycles. The predicted molar refractivity (Wildman–Crippen MR) is 137 cm³/mol. The predicted octanol–water partition coefficient (Wildman–Crippen LogP) is 4.14. The zero-order valence-corrected chi connectivity index (χ0v) is 21.2. The van der Waals surface area contributed by atoms with Crippen LogP contribution in [0, 0.1) is 11.8 Å². The lowest BCUT2D eigenvalue weighted by Crippen LogP contribution is -2.40. The van der Waals surface area contributed by atoms with Crippen LogP contribution < -0.4 is 16.0 Å². The van der Waals surface area contributed by atoms with Crippen molar-refractivity contribution in [2.75, 3.05) is 6.61 Å². The summed E-state index contributed by atoms with van der Waals surface area (Å²) < 4.78 is 10.6. The molecule has 1 N–H and O–H groups in total. The Bertz CT molecular complexity index is 1410. The van der Waals surface area contributed by atoms with Gasteiger partial charge in [-0.2, -0.15) is 4.98 Å². The molecule has 0 aliphatic heterocycles. The van der Waals surface area contributed by atoms with E-state index in [1.165, 1.54) is 4.57 Å². The number of fused-ring (bicyclic) bond motifs is 1. The number of para-hydroxylation sites is 1. The molecule has 2 unspecified atom stereocenters. The fourth-order valence-electron chi connectivity index (χ4n) is 4.43. The van der Waals surface area contributed by atoms with Crippen LogP contribution in [0.15, 0.2) is 57.1 Å². The van der Waals surface area contributed by atoms with E-state index in [-0.39, 0.29) is 42.6 Å². The molecule has 9 heteroatoms. The molecule has 0 amide bonds. The Labute approximate surface area is 208 Å². The number of ether oxygens (including phenoxy) is 1. The molecule has 0 bridgehead atoms. The molecule has 4 rings (SSSR count). The zero-order chi connectivity index (χ0) is 25.3. The lowest BCUT2D eigenvalue weighted by molar-refractivity contribution is 0.277. The number of benzene rings is 1. The molecule has 2 heterocycles. The van der Waals surface area contributed by atoms with E-state index in [9.17, 15) is 14.7 Å². The number of aryl methyl sites for hydroxylation is 1. The first-order chi connectivity index (χ1) is 16.7. The molecule has 0 saturated heterocycles. The van der Waals surface area contributed by atoms with Gasteiger partial charge in [-0.1, -0.05) is 62.7 Å². The number of halogens is 1. The Morgan fingerprint density at radius 3 is 2.63 bits per heavy atom. The van der Waals surface area contributed by atoms with Crippen LogP contribution in [-0.2, 0) is 20.1 Å². The molecule has 3 aromatic rings. The van der Waals surface area contributed by atoms with Crippen molar-refractivity contribution >= 4 is 22.8 Å². The second-order valence-electron chi connectivity index (χ2n) is 9.28. The summed E-state index contributed by atoms with van der Waals surface area (Å²) in [5.41, 5.74) is 0.648. The number of nitrogens with zero attached hydrogens (tertiary/aromatic N) is 4. The highest BCUT2D eigenvalue weighted by molar-refractivity contribution is 6.31. The van der Waals surface area contributed by atoms with E-state index in [1.54, 1.807) is 11.6 Å². The Hall–Kier alpha value is -3.10. The third-order valence-electron chi connectivity index (χ3n) is 6.47. The number of allylic oxidation sites excluding steroid dienone is 4. The van der Waals surface area contributed by atoms with Crippen LogP contribution in [0.1, 0.15) is 38.7 Å². The summed E-state index contributed by atoms with van der Waals surface area (Å²) >= 11 is 6.19. The number of hydrogen-bond donors (Lipinski definition) is 1. The van der Waals surface area contributed by atoms with Crippen LogP contribution in [0.25, 0.3) is 11.2 Å². The van der Waals surface area contributed by atoms with Gasteiger partial charge in [0.1, 0.15) is 5.75 Å². The minimum absolute atomic E-state index is 0.0418. The molecule has 1 aromatic carbocycles. The first-order valence-electron chi connectivity index (χ1n) is 11.9. The Morgan fingerprint density at radius 2 is 1.94 bits per heavy atom. The van der Waals surface area contributed by atoms with E-state index in [0.29, 0.717) is 29.3 Å². The van der Waals surface area contributed by atoms with Crippen molar-refractivity contribution in [1.29, 1.82) is 0 Å². The van der Waals surface area contributed by atoms with Crippen LogP contribution in [0.2, 0.25) is 0 Å². The smallest absolute Gasteiger partial charge is 0.332 e. The Kier molecular flexibility index (Phi) is 7.33. The number of rotatable bonds is 8. The van der Waals surface area contributed by atoms with Gasteiger partial charge in [-0.05, 0) is 36.0 Å². The normalized spacial score (nSPS) is 17.9. The van der Waals surface area contributed by atoms with E-state index in [2.05, 4.69) is 25.8 Å². The topological polar surface area (TPSA) is 91.3 Å². The second kappa shape index (κ2) is 10.3. The Balaban J connectivity index is 1.92. The van der Waals surface area contributed by atoms with Crippen molar-refractivity contribution in [1.82, 2.24) is 18.7 Å². The van der Waals surface area contributed by atoms with Gasteiger partial charge in [0.05, 0.1) is 0 Å². The summed E-state index contributed by atoms with van der Waals surface area (Å²) in [6, 6.07) is 7.98. The molecule has 8 nitrogen and oxygen atoms in total. The van der Waals surface area contributed by atoms with Gasteiger partial charge in [-0.3, -0.25) is 18.5 Å². The van der Waals surface area contributed by atoms with Crippen molar-refractivity contribution in [2.24, 2.45) is 18.9 Å². The third-order valence-corrected chi connectivity index (χ3v) is 6.73. The minimum Gasteiger partial charge on any atom is -0.425 e. The quantitative estimate of drug-likeness (QED) is 0.504. The van der Waals surface area contributed by atoms with E-state index in [1.807, 2.05) is 42.5 Å². The number of aliphatic hydroxyl groups is 1. The molecule has 0 spiro atoms. The maximum Gasteiger partial charge on any atom is 0.332 e. The highest BCUT2D eigenvalue weighted by atomic mass is 35.5. The van der Waals surface area contributed by atoms with Crippen LogP contribution in [-0.4, -0.2) is 30.4 Å². The second-order valence-corrected chi connectivity index (χ2v) is 9.72. The van der Waals surface area contributed by atoms with Gasteiger partial charge >= 0.3 is 11.7 Å². The average molecular weight is 499 g/mol. The number of hydrogen-bond acceptors (Lipinski definition) is 5. The molecule has 186 valence electrons. The molecular formula is C26H31ClN4O4. The molecular weight excluding hydrogens is 468 g/mol. The molecule has 0 fully saturated rings. The fourth-order valence-corrected chi connectivity index (χ4v) is 4.70. The molecule has 2 atom stereocenters. The maximum atomic E-state index is 13.5. The molecule has 0 radical (unpaired) electrons. The third kappa shape index (κ3) is 4.86. The van der Waals surface area contributed by atoms with Gasteiger partial charge in [0.2, 0.25) is 0 Å². The van der Waals surface area contributed by atoms with Crippen molar-refractivity contribution in [2.45, 2.75) is 46.2 Å². The van der Waals surface area contributed by atoms with Crippen molar-refractivity contribution in [3.63, 3.8) is 0 Å².